The van der Waals surface area contributed by atoms with Crippen LogP contribution in [0.25, 0.3) is 11.3 Å². The lowest BCUT2D eigenvalue weighted by atomic mass is 10.0. The quantitative estimate of drug-likeness (QED) is 0.876. The third-order valence-corrected chi connectivity index (χ3v) is 3.15. The van der Waals surface area contributed by atoms with E-state index in [0.717, 1.165) is 22.9 Å². The Bertz CT molecular complexity index is 514. The van der Waals surface area contributed by atoms with Crippen LogP contribution in [0.3, 0.4) is 0 Å². The lowest BCUT2D eigenvalue weighted by molar-refractivity contribution is 0.277. The van der Waals surface area contributed by atoms with E-state index in [1.54, 1.807) is 0 Å². The van der Waals surface area contributed by atoms with Crippen molar-refractivity contribution in [1.82, 2.24) is 5.16 Å². The molecule has 0 atom stereocenters. The molecule has 1 heterocycles. The van der Waals surface area contributed by atoms with E-state index in [0.29, 0.717) is 6.42 Å². The zero-order valence-electron chi connectivity index (χ0n) is 9.60. The van der Waals surface area contributed by atoms with Crippen molar-refractivity contribution in [3.8, 4) is 11.3 Å². The van der Waals surface area contributed by atoms with Crippen LogP contribution in [-0.4, -0.2) is 16.9 Å². The highest BCUT2D eigenvalue weighted by Gasteiger charge is 2.23. The predicted octanol–water partition coefficient (Wildman–Crippen LogP) is 2.75. The van der Waals surface area contributed by atoms with Crippen molar-refractivity contribution in [2.24, 2.45) is 0 Å². The van der Waals surface area contributed by atoms with E-state index >= 15 is 0 Å². The zero-order valence-corrected chi connectivity index (χ0v) is 9.60. The van der Waals surface area contributed by atoms with Crippen LogP contribution in [0.4, 0.5) is 0 Å². The second-order valence-electron chi connectivity index (χ2n) is 4.55. The van der Waals surface area contributed by atoms with Gasteiger partial charge in [-0.05, 0) is 30.4 Å². The van der Waals surface area contributed by atoms with E-state index in [4.69, 9.17) is 9.63 Å². The fraction of sp³-hybridized carbons (Fsp3) is 0.357. The number of aliphatic hydroxyl groups is 1. The lowest BCUT2D eigenvalue weighted by Crippen LogP contribution is -1.86. The number of hydrogen-bond acceptors (Lipinski definition) is 3. The maximum absolute atomic E-state index is 8.84. The Labute approximate surface area is 100 Å². The van der Waals surface area contributed by atoms with Crippen LogP contribution in [0.1, 0.15) is 30.1 Å². The van der Waals surface area contributed by atoms with Crippen molar-refractivity contribution in [3.63, 3.8) is 0 Å². The summed E-state index contributed by atoms with van der Waals surface area (Å²) in [4.78, 5) is 0. The molecule has 0 aliphatic heterocycles. The fourth-order valence-corrected chi connectivity index (χ4v) is 2.05. The summed E-state index contributed by atoms with van der Waals surface area (Å²) in [6, 6.07) is 10.4. The van der Waals surface area contributed by atoms with E-state index in [1.807, 2.05) is 12.1 Å². The zero-order chi connectivity index (χ0) is 11.7. The maximum atomic E-state index is 8.84. The monoisotopic (exact) mass is 229 g/mol. The highest BCUT2D eigenvalue weighted by atomic mass is 16.5. The summed E-state index contributed by atoms with van der Waals surface area (Å²) >= 11 is 0. The first-order chi connectivity index (χ1) is 8.36. The lowest BCUT2D eigenvalue weighted by Gasteiger charge is -2.00. The minimum atomic E-state index is 0.0940. The molecule has 0 amide bonds. The summed E-state index contributed by atoms with van der Waals surface area (Å²) < 4.78 is 5.17. The van der Waals surface area contributed by atoms with Crippen molar-refractivity contribution < 1.29 is 9.63 Å². The molecule has 17 heavy (non-hydrogen) atoms. The van der Waals surface area contributed by atoms with Crippen LogP contribution in [0.15, 0.2) is 34.9 Å². The van der Waals surface area contributed by atoms with Gasteiger partial charge in [-0.15, -0.1) is 0 Å². The summed E-state index contributed by atoms with van der Waals surface area (Å²) in [5.41, 5.74) is 3.35. The number of benzene rings is 1. The van der Waals surface area contributed by atoms with Gasteiger partial charge in [0, 0.05) is 18.1 Å². The summed E-state index contributed by atoms with van der Waals surface area (Å²) in [6.45, 7) is 0.0940. The predicted molar refractivity (Wildman–Crippen MR) is 64.7 cm³/mol. The Morgan fingerprint density at radius 1 is 1.29 bits per heavy atom. The average Bonchev–Trinajstić information content (AvgIpc) is 3.11. The molecule has 3 nitrogen and oxygen atoms in total. The Balaban J connectivity index is 1.88. The molecule has 1 aromatic heterocycles. The Hall–Kier alpha value is -1.61. The minimum absolute atomic E-state index is 0.0940. The van der Waals surface area contributed by atoms with E-state index < -0.39 is 0 Å². The Morgan fingerprint density at radius 3 is 2.94 bits per heavy atom. The second kappa shape index (κ2) is 4.34. The topological polar surface area (TPSA) is 46.3 Å². The maximum Gasteiger partial charge on any atom is 0.139 e. The number of aromatic nitrogens is 1. The fourth-order valence-electron chi connectivity index (χ4n) is 2.05. The molecule has 0 spiro atoms. The van der Waals surface area contributed by atoms with E-state index in [9.17, 15) is 0 Å². The molecule has 0 bridgehead atoms. The number of aliphatic hydroxyl groups excluding tert-OH is 1. The van der Waals surface area contributed by atoms with Gasteiger partial charge in [0.05, 0.1) is 6.61 Å². The van der Waals surface area contributed by atoms with Crippen molar-refractivity contribution in [1.29, 1.82) is 0 Å². The van der Waals surface area contributed by atoms with Gasteiger partial charge in [-0.1, -0.05) is 23.4 Å². The normalized spacial score (nSPS) is 15.1. The molecule has 1 aromatic carbocycles. The second-order valence-corrected chi connectivity index (χ2v) is 4.55. The number of hydrogen-bond donors (Lipinski definition) is 1. The first kappa shape index (κ1) is 10.5. The standard InChI is InChI=1S/C14H15NO2/c16-7-6-13-9-14(15-17-13)12-3-1-2-11(8-12)10-4-5-10/h1-3,8-10,16H,4-7H2. The van der Waals surface area contributed by atoms with Crippen molar-refractivity contribution in [2.75, 3.05) is 6.61 Å². The van der Waals surface area contributed by atoms with Gasteiger partial charge in [0.25, 0.3) is 0 Å². The summed E-state index contributed by atoms with van der Waals surface area (Å²) in [6.07, 6.45) is 3.13. The molecule has 0 radical (unpaired) electrons. The number of rotatable bonds is 4. The SMILES string of the molecule is OCCc1cc(-c2cccc(C3CC3)c2)no1. The highest BCUT2D eigenvalue weighted by molar-refractivity contribution is 5.60. The molecule has 2 aromatic rings. The summed E-state index contributed by atoms with van der Waals surface area (Å²) in [5.74, 6) is 1.48. The average molecular weight is 229 g/mol. The first-order valence-electron chi connectivity index (χ1n) is 6.03. The molecule has 1 saturated carbocycles. The minimum Gasteiger partial charge on any atom is -0.396 e. The van der Waals surface area contributed by atoms with Gasteiger partial charge in [0.2, 0.25) is 0 Å². The summed E-state index contributed by atoms with van der Waals surface area (Å²) in [7, 11) is 0. The Morgan fingerprint density at radius 2 is 2.18 bits per heavy atom. The van der Waals surface area contributed by atoms with Crippen LogP contribution in [0, 0.1) is 0 Å². The number of nitrogens with zero attached hydrogens (tertiary/aromatic N) is 1. The van der Waals surface area contributed by atoms with E-state index in [2.05, 4.69) is 23.4 Å². The first-order valence-corrected chi connectivity index (χ1v) is 6.03. The van der Waals surface area contributed by atoms with Crippen LogP contribution in [0.5, 0.6) is 0 Å². The molecule has 0 saturated heterocycles. The van der Waals surface area contributed by atoms with E-state index in [1.165, 1.54) is 18.4 Å². The molecule has 1 N–H and O–H groups in total. The molecule has 1 fully saturated rings. The molecule has 1 aliphatic carbocycles. The molecular formula is C14H15NO2. The van der Waals surface area contributed by atoms with Gasteiger partial charge < -0.3 is 9.63 Å². The largest absolute Gasteiger partial charge is 0.396 e. The van der Waals surface area contributed by atoms with Crippen molar-refractivity contribution >= 4 is 0 Å². The third-order valence-electron chi connectivity index (χ3n) is 3.15. The van der Waals surface area contributed by atoms with Gasteiger partial charge in [-0.25, -0.2) is 0 Å². The molecular weight excluding hydrogens is 214 g/mol. The van der Waals surface area contributed by atoms with E-state index in [-0.39, 0.29) is 6.61 Å². The molecule has 88 valence electrons. The van der Waals surface area contributed by atoms with Gasteiger partial charge in [-0.2, -0.15) is 0 Å². The third kappa shape index (κ3) is 2.24. The highest BCUT2D eigenvalue weighted by Crippen LogP contribution is 2.40. The Kier molecular flexibility index (Phi) is 2.69. The van der Waals surface area contributed by atoms with Gasteiger partial charge in [0.1, 0.15) is 11.5 Å². The van der Waals surface area contributed by atoms with Gasteiger partial charge in [-0.3, -0.25) is 0 Å². The van der Waals surface area contributed by atoms with Gasteiger partial charge >= 0.3 is 0 Å². The van der Waals surface area contributed by atoms with Crippen molar-refractivity contribution in [2.45, 2.75) is 25.2 Å². The summed E-state index contributed by atoms with van der Waals surface area (Å²) in [5, 5.41) is 12.9. The smallest absolute Gasteiger partial charge is 0.139 e. The molecule has 3 rings (SSSR count). The van der Waals surface area contributed by atoms with Crippen LogP contribution >= 0.6 is 0 Å². The molecule has 0 unspecified atom stereocenters. The van der Waals surface area contributed by atoms with Crippen LogP contribution in [-0.2, 0) is 6.42 Å². The van der Waals surface area contributed by atoms with Crippen LogP contribution < -0.4 is 0 Å². The molecule has 1 aliphatic rings. The van der Waals surface area contributed by atoms with Crippen molar-refractivity contribution in [3.05, 3.63) is 41.7 Å². The molecule has 3 heteroatoms. The van der Waals surface area contributed by atoms with Crippen LogP contribution in [0.2, 0.25) is 0 Å². The van der Waals surface area contributed by atoms with Gasteiger partial charge in [0.15, 0.2) is 0 Å².